The zero-order valence-electron chi connectivity index (χ0n) is 60.9. The minimum absolute atomic E-state index is 0.315. The molecular formula is C69H134O9S12Si3. The van der Waals surface area contributed by atoms with Gasteiger partial charge < -0.3 is 39.8 Å². The van der Waals surface area contributed by atoms with E-state index in [4.69, 9.17) is 74.8 Å². The minimum Gasteiger partial charge on any atom is -0.365 e. The first-order chi connectivity index (χ1) is 44.7. The van der Waals surface area contributed by atoms with E-state index in [1.165, 1.54) is 155 Å². The number of hydrogen-bond donors (Lipinski definition) is 3. The van der Waals surface area contributed by atoms with Crippen molar-refractivity contribution in [3.8, 4) is 0 Å². The van der Waals surface area contributed by atoms with Gasteiger partial charge in [0.2, 0.25) is 0 Å². The molecule has 0 amide bonds. The lowest BCUT2D eigenvalue weighted by Crippen LogP contribution is -2.46. The average molecular weight is 1580 g/mol. The summed E-state index contributed by atoms with van der Waals surface area (Å²) in [6, 6.07) is 0. The van der Waals surface area contributed by atoms with Gasteiger partial charge in [0, 0.05) is 84.4 Å². The molecule has 6 rings (SSSR count). The van der Waals surface area contributed by atoms with E-state index in [2.05, 4.69) is 123 Å². The summed E-state index contributed by atoms with van der Waals surface area (Å²) < 4.78 is 66.3. The minimum atomic E-state index is -3.56. The lowest BCUT2D eigenvalue weighted by Gasteiger charge is -2.59. The van der Waals surface area contributed by atoms with Crippen molar-refractivity contribution in [2.45, 2.75) is 287 Å². The highest BCUT2D eigenvalue weighted by molar-refractivity contribution is 9.48. The van der Waals surface area contributed by atoms with Gasteiger partial charge in [-0.25, -0.2) is 0 Å². The summed E-state index contributed by atoms with van der Waals surface area (Å²) in [4.78, 5) is 1.40. The fraction of sp³-hybridized carbons (Fsp3) is 0.913. The van der Waals surface area contributed by atoms with E-state index in [-0.39, 0.29) is 0 Å². The highest BCUT2D eigenvalue weighted by Crippen LogP contribution is 2.99. The van der Waals surface area contributed by atoms with Gasteiger partial charge in [-0.2, -0.15) is 0 Å². The Labute approximate surface area is 615 Å². The normalized spacial score (nSPS) is 28.2. The molecule has 0 aliphatic heterocycles. The van der Waals surface area contributed by atoms with Crippen molar-refractivity contribution in [3.05, 3.63) is 32.4 Å². The molecule has 0 spiro atoms. The summed E-state index contributed by atoms with van der Waals surface area (Å²) >= 11 is 17.6. The predicted octanol–water partition coefficient (Wildman–Crippen LogP) is 25.7. The average Bonchev–Trinajstić information content (AvgIpc) is 1.69. The van der Waals surface area contributed by atoms with Crippen LogP contribution in [-0.2, 0) is 39.8 Å². The molecule has 548 valence electrons. The first-order valence-corrected chi connectivity index (χ1v) is 60.7. The van der Waals surface area contributed by atoms with Crippen molar-refractivity contribution in [1.82, 2.24) is 0 Å². The summed E-state index contributed by atoms with van der Waals surface area (Å²) in [6.45, 7) is 40.8. The van der Waals surface area contributed by atoms with Gasteiger partial charge in [-0.05, 0) is 278 Å². The Morgan fingerprint density at radius 1 is 0.398 bits per heavy atom. The van der Waals surface area contributed by atoms with Crippen molar-refractivity contribution < 1.29 is 39.8 Å². The summed E-state index contributed by atoms with van der Waals surface area (Å²) in [5, 5.41) is 0.980. The summed E-state index contributed by atoms with van der Waals surface area (Å²) in [5.41, 5.74) is 2.79. The van der Waals surface area contributed by atoms with Crippen molar-refractivity contribution in [1.29, 1.82) is 0 Å². The van der Waals surface area contributed by atoms with Crippen molar-refractivity contribution in [3.63, 3.8) is 0 Å². The molecule has 9 nitrogen and oxygen atoms in total. The quantitative estimate of drug-likeness (QED) is 0.0178. The maximum atomic E-state index is 7.22. The number of allylic oxidation sites excluding steroid dienone is 4. The van der Waals surface area contributed by atoms with Crippen molar-refractivity contribution >= 4 is 143 Å². The van der Waals surface area contributed by atoms with E-state index in [0.29, 0.717) is 117 Å². The van der Waals surface area contributed by atoms with Crippen LogP contribution in [0.25, 0.3) is 0 Å². The Morgan fingerprint density at radius 3 is 0.989 bits per heavy atom. The van der Waals surface area contributed by atoms with Gasteiger partial charge in [0.1, 0.15) is 0 Å². The highest BCUT2D eigenvalue weighted by Gasteiger charge is 2.67. The lowest BCUT2D eigenvalue weighted by molar-refractivity contribution is 0.0963. The van der Waals surface area contributed by atoms with Gasteiger partial charge in [-0.1, -0.05) is 152 Å². The highest BCUT2D eigenvalue weighted by atomic mass is 33.8. The molecule has 6 aliphatic rings. The first-order valence-electron chi connectivity index (χ1n) is 37.1. The topological polar surface area (TPSA) is 83.1 Å². The van der Waals surface area contributed by atoms with Crippen LogP contribution in [0.3, 0.4) is 0 Å². The Kier molecular flexibility index (Phi) is 39.4. The van der Waals surface area contributed by atoms with Crippen LogP contribution in [0.1, 0.15) is 271 Å². The zero-order valence-corrected chi connectivity index (χ0v) is 73.9. The smallest absolute Gasteiger partial charge is 0.365 e. The largest absolute Gasteiger partial charge is 0.583 e. The van der Waals surface area contributed by atoms with Gasteiger partial charge in [-0.3, -0.25) is 0 Å². The van der Waals surface area contributed by atoms with Gasteiger partial charge in [0.05, 0.1) is 0 Å². The van der Waals surface area contributed by atoms with Crippen LogP contribution in [0.4, 0.5) is 0 Å². The zero-order chi connectivity index (χ0) is 67.9. The second-order valence-corrected chi connectivity index (χ2v) is 68.7. The molecule has 24 heteroatoms. The number of rotatable bonds is 52. The van der Waals surface area contributed by atoms with E-state index < -0.39 is 48.1 Å². The Balaban J connectivity index is 1.61. The maximum Gasteiger partial charge on any atom is 0.583 e. The van der Waals surface area contributed by atoms with Crippen molar-refractivity contribution in [2.75, 3.05) is 59.5 Å². The molecule has 93 heavy (non-hydrogen) atoms. The fourth-order valence-corrected chi connectivity index (χ4v) is 98.6. The van der Waals surface area contributed by atoms with E-state index in [0.717, 1.165) is 43.4 Å². The SMILES string of the molecule is CCO[Si](OCC)(OCC)SS(SS)(C(=CC=C(C)CCCC(C)CCCCC(C)CCCC(C)CCCC(C)C)C(C)=C(S(SS)(S[Si](OCC)(OCC)OCC)C1CC2CCC1C2)S(SS)(S[Si](OCC)(OCC)OCC)C1CC2CCC1C2)C1CC2CCC1C2. The van der Waals surface area contributed by atoms with Crippen LogP contribution in [0, 0.1) is 59.2 Å². The molecule has 0 radical (unpaired) electrons. The van der Waals surface area contributed by atoms with Crippen LogP contribution < -0.4 is 0 Å². The summed E-state index contributed by atoms with van der Waals surface area (Å²) in [5.74, 6) is 6.82. The van der Waals surface area contributed by atoms with Gasteiger partial charge in [-0.15, -0.1) is 43.1 Å². The molecule has 6 fully saturated rings. The standard InChI is InChI=1S/C69H134O9S12Si3/c1-17-70-91(71-18-2,72-19-3)85-88(82-79,66-50-59-40-43-62(66)47-59)65(46-39-57(15)38-30-36-55(13)33-27-26-32-54(12)35-29-37-56(14)34-28-31-53(10)11)58(16)69(89(83-80,67-51-60-41-44-63(67)48-60)86-92(73-20-4,74-21-5)75-22-6)90(84-81,68-52-61-42-45-64(68)49-61)87-93(76-23-7,77-24-8)78-25-9/h39,46,53-56,59-64,66-68,79-81H,17-38,40-45,47-52H2,1-16H3. The lowest BCUT2D eigenvalue weighted by atomic mass is 9.91. The Morgan fingerprint density at radius 2 is 0.699 bits per heavy atom. The van der Waals surface area contributed by atoms with E-state index in [9.17, 15) is 0 Å². The molecule has 0 saturated heterocycles. The van der Waals surface area contributed by atoms with Gasteiger partial charge in [0.25, 0.3) is 0 Å². The Hall–Kier alpha value is 3.71. The number of unbranched alkanes of at least 4 members (excludes halogenated alkanes) is 1. The van der Waals surface area contributed by atoms with Crippen LogP contribution in [0.5, 0.6) is 0 Å². The fourth-order valence-electron chi connectivity index (χ4n) is 16.7. The van der Waals surface area contributed by atoms with Crippen LogP contribution in [0.2, 0.25) is 0 Å². The Bertz CT molecular complexity index is 2150. The first kappa shape index (κ1) is 85.6. The predicted molar refractivity (Wildman–Crippen MR) is 442 cm³/mol. The molecular weight excluding hydrogens is 1440 g/mol. The molecule has 6 saturated carbocycles. The van der Waals surface area contributed by atoms with Gasteiger partial charge in [0.15, 0.2) is 0 Å². The molecule has 6 aliphatic carbocycles. The third-order valence-corrected chi connectivity index (χ3v) is 83.8. The molecule has 15 unspecified atom stereocenters. The molecule has 15 atom stereocenters. The second-order valence-electron chi connectivity index (χ2n) is 28.3. The van der Waals surface area contributed by atoms with E-state index in [1.54, 1.807) is 0 Å². The molecule has 0 N–H and O–H groups in total. The number of hydrogen-bond acceptors (Lipinski definition) is 18. The van der Waals surface area contributed by atoms with E-state index >= 15 is 0 Å². The maximum absolute atomic E-state index is 7.22. The molecule has 0 aromatic heterocycles. The summed E-state index contributed by atoms with van der Waals surface area (Å²) in [6.07, 6.45) is 37.2. The van der Waals surface area contributed by atoms with Crippen LogP contribution in [0.15, 0.2) is 32.4 Å². The van der Waals surface area contributed by atoms with Gasteiger partial charge >= 0.3 is 23.9 Å². The molecule has 0 aromatic carbocycles. The third kappa shape index (κ3) is 22.9. The van der Waals surface area contributed by atoms with Crippen LogP contribution >= 0.6 is 119 Å². The molecule has 6 bridgehead atoms. The molecule has 0 aromatic rings. The monoisotopic (exact) mass is 1570 g/mol. The number of fused-ring (bicyclic) bond motifs is 6. The van der Waals surface area contributed by atoms with Crippen LogP contribution in [-0.4, -0.2) is 99.1 Å². The third-order valence-electron chi connectivity index (χ3n) is 20.9. The van der Waals surface area contributed by atoms with Crippen molar-refractivity contribution in [2.24, 2.45) is 59.2 Å². The second kappa shape index (κ2) is 42.8. The van der Waals surface area contributed by atoms with E-state index in [1.807, 2.05) is 60.2 Å². The molecule has 0 heterocycles. The number of thiol groups is 3. The summed E-state index contributed by atoms with van der Waals surface area (Å²) in [7, 11) is -5.80.